The third-order valence-corrected chi connectivity index (χ3v) is 7.04. The Morgan fingerprint density at radius 1 is 1.21 bits per heavy atom. The van der Waals surface area contributed by atoms with Crippen molar-refractivity contribution in [2.24, 2.45) is 5.92 Å². The van der Waals surface area contributed by atoms with Crippen LogP contribution in [0.5, 0.6) is 5.75 Å². The van der Waals surface area contributed by atoms with E-state index in [1.807, 2.05) is 36.4 Å². The fraction of sp³-hybridized carbons (Fsp3) is 0.560. The van der Waals surface area contributed by atoms with Crippen LogP contribution in [0.15, 0.2) is 36.4 Å². The summed E-state index contributed by atoms with van der Waals surface area (Å²) < 4.78 is 5.21. The molecule has 3 amide bonds. The smallest absolute Gasteiger partial charge is 0.330 e. The van der Waals surface area contributed by atoms with Crippen molar-refractivity contribution in [2.45, 2.75) is 62.8 Å². The molecule has 1 aromatic carbocycles. The summed E-state index contributed by atoms with van der Waals surface area (Å²) in [5, 5.41) is 22.8. The Hall–Kier alpha value is -3.07. The highest BCUT2D eigenvalue weighted by Crippen LogP contribution is 2.45. The van der Waals surface area contributed by atoms with Gasteiger partial charge in [0.2, 0.25) is 5.91 Å². The van der Waals surface area contributed by atoms with Gasteiger partial charge in [-0.3, -0.25) is 4.79 Å². The molecule has 184 valence electrons. The number of methoxy groups -OCH3 is 1. The number of aliphatic hydroxyl groups excluding tert-OH is 1. The number of benzene rings is 1. The average Bonchev–Trinajstić information content (AvgIpc) is 3.38. The summed E-state index contributed by atoms with van der Waals surface area (Å²) in [6.07, 6.45) is 6.96. The molecule has 3 N–H and O–H groups in total. The third-order valence-electron chi connectivity index (χ3n) is 7.04. The van der Waals surface area contributed by atoms with Gasteiger partial charge in [0.25, 0.3) is 0 Å². The van der Waals surface area contributed by atoms with E-state index >= 15 is 0 Å². The molecule has 1 saturated carbocycles. The van der Waals surface area contributed by atoms with Crippen LogP contribution in [0.25, 0.3) is 0 Å². The molecule has 1 aromatic rings. The van der Waals surface area contributed by atoms with Gasteiger partial charge in [-0.1, -0.05) is 30.7 Å². The van der Waals surface area contributed by atoms with E-state index < -0.39 is 29.6 Å². The lowest BCUT2D eigenvalue weighted by Gasteiger charge is -2.32. The van der Waals surface area contributed by atoms with Gasteiger partial charge in [-0.25, -0.2) is 9.59 Å². The van der Waals surface area contributed by atoms with Gasteiger partial charge in [-0.05, 0) is 43.4 Å². The molecule has 0 radical (unpaired) electrons. The van der Waals surface area contributed by atoms with Gasteiger partial charge in [-0.2, -0.15) is 0 Å². The number of aliphatic hydroxyl groups is 1. The first-order valence-electron chi connectivity index (χ1n) is 11.9. The van der Waals surface area contributed by atoms with Gasteiger partial charge in [0.1, 0.15) is 17.3 Å². The van der Waals surface area contributed by atoms with Crippen LogP contribution in [-0.4, -0.2) is 75.8 Å². The summed E-state index contributed by atoms with van der Waals surface area (Å²) in [5.41, 5.74) is -0.403. The van der Waals surface area contributed by atoms with Crippen LogP contribution < -0.4 is 10.1 Å². The van der Waals surface area contributed by atoms with Crippen molar-refractivity contribution in [3.8, 4) is 5.75 Å². The zero-order valence-corrected chi connectivity index (χ0v) is 19.5. The second-order valence-corrected chi connectivity index (χ2v) is 9.46. The topological polar surface area (TPSA) is 119 Å². The molecule has 0 spiro atoms. The number of urea groups is 1. The largest absolute Gasteiger partial charge is 0.497 e. The van der Waals surface area contributed by atoms with Crippen LogP contribution in [-0.2, 0) is 16.1 Å². The highest BCUT2D eigenvalue weighted by Gasteiger charge is 2.61. The van der Waals surface area contributed by atoms with Gasteiger partial charge in [-0.15, -0.1) is 0 Å². The molecule has 9 heteroatoms. The second-order valence-electron chi connectivity index (χ2n) is 9.46. The summed E-state index contributed by atoms with van der Waals surface area (Å²) >= 11 is 0. The molecule has 2 fully saturated rings. The maximum absolute atomic E-state index is 13.6. The Morgan fingerprint density at radius 3 is 2.68 bits per heavy atom. The van der Waals surface area contributed by atoms with Gasteiger partial charge in [0.05, 0.1) is 13.2 Å². The van der Waals surface area contributed by atoms with Crippen molar-refractivity contribution >= 4 is 17.9 Å². The van der Waals surface area contributed by atoms with E-state index in [0.717, 1.165) is 37.0 Å². The normalized spacial score (nSPS) is 30.9. The Bertz CT molecular complexity index is 948. The number of allylic oxidation sites excluding steroid dienone is 1. The van der Waals surface area contributed by atoms with Crippen LogP contribution in [0.3, 0.4) is 0 Å². The zero-order valence-electron chi connectivity index (χ0n) is 19.5. The predicted molar refractivity (Wildman–Crippen MR) is 124 cm³/mol. The number of carboxylic acid groups (broad SMARTS) is 1. The molecule has 2 heterocycles. The Kier molecular flexibility index (Phi) is 7.11. The molecular weight excluding hydrogens is 438 g/mol. The van der Waals surface area contributed by atoms with Crippen molar-refractivity contribution < 1.29 is 29.3 Å². The molecular formula is C25H33N3O6. The van der Waals surface area contributed by atoms with E-state index in [-0.39, 0.29) is 24.9 Å². The number of ether oxygens (including phenoxy) is 1. The number of nitrogens with zero attached hydrogens (tertiary/aromatic N) is 2. The average molecular weight is 472 g/mol. The molecule has 2 aliphatic heterocycles. The first-order chi connectivity index (χ1) is 16.3. The van der Waals surface area contributed by atoms with Crippen molar-refractivity contribution in [3.63, 3.8) is 0 Å². The number of carbonyl (C=O) groups excluding carboxylic acids is 2. The molecule has 0 aromatic heterocycles. The van der Waals surface area contributed by atoms with Crippen molar-refractivity contribution in [1.29, 1.82) is 0 Å². The minimum absolute atomic E-state index is 0.0411. The summed E-state index contributed by atoms with van der Waals surface area (Å²) in [5.74, 6) is -1.13. The van der Waals surface area contributed by atoms with Crippen molar-refractivity contribution in [1.82, 2.24) is 15.1 Å². The zero-order chi connectivity index (χ0) is 24.3. The van der Waals surface area contributed by atoms with Crippen LogP contribution in [0.4, 0.5) is 4.79 Å². The van der Waals surface area contributed by atoms with Gasteiger partial charge in [0, 0.05) is 32.0 Å². The Balaban J connectivity index is 1.57. The SMILES string of the molecule is COc1ccc(CN2CCCCC/C=C/C3CC3(C(=O)O)NC(=O)C3CC(O)CN3C2=O)cc1. The maximum atomic E-state index is 13.6. The Morgan fingerprint density at radius 2 is 1.97 bits per heavy atom. The molecule has 4 unspecified atom stereocenters. The number of hydrogen-bond donors (Lipinski definition) is 3. The Labute approximate surface area is 199 Å². The lowest BCUT2D eigenvalue weighted by molar-refractivity contribution is -0.144. The molecule has 1 aliphatic carbocycles. The van der Waals surface area contributed by atoms with Gasteiger partial charge < -0.3 is 30.1 Å². The molecule has 4 atom stereocenters. The quantitative estimate of drug-likeness (QED) is 0.579. The van der Waals surface area contributed by atoms with Crippen LogP contribution >= 0.6 is 0 Å². The van der Waals surface area contributed by atoms with Crippen LogP contribution in [0.1, 0.15) is 44.1 Å². The van der Waals surface area contributed by atoms with E-state index in [1.165, 1.54) is 4.90 Å². The maximum Gasteiger partial charge on any atom is 0.330 e. The first-order valence-corrected chi connectivity index (χ1v) is 11.9. The van der Waals surface area contributed by atoms with E-state index in [2.05, 4.69) is 5.32 Å². The predicted octanol–water partition coefficient (Wildman–Crippen LogP) is 2.14. The van der Waals surface area contributed by atoms with Crippen LogP contribution in [0, 0.1) is 5.92 Å². The monoisotopic (exact) mass is 471 g/mol. The summed E-state index contributed by atoms with van der Waals surface area (Å²) in [7, 11) is 1.60. The first kappa shape index (κ1) is 24.1. The molecule has 3 aliphatic rings. The van der Waals surface area contributed by atoms with Crippen LogP contribution in [0.2, 0.25) is 0 Å². The molecule has 34 heavy (non-hydrogen) atoms. The van der Waals surface area contributed by atoms with E-state index in [0.29, 0.717) is 19.5 Å². The molecule has 4 rings (SSSR count). The summed E-state index contributed by atoms with van der Waals surface area (Å²) in [6, 6.07) is 6.25. The number of amides is 3. The van der Waals surface area contributed by atoms with E-state index in [4.69, 9.17) is 4.74 Å². The number of rotatable bonds is 4. The number of aliphatic carboxylic acids is 1. The number of carboxylic acids is 1. The van der Waals surface area contributed by atoms with Gasteiger partial charge in [0.15, 0.2) is 0 Å². The number of nitrogens with one attached hydrogen (secondary N) is 1. The minimum Gasteiger partial charge on any atom is -0.497 e. The standard InChI is InChI=1S/C25H33N3O6/c1-34-20-10-8-17(9-11-20)15-27-12-6-4-2-3-5-7-18-14-25(18,23(31)32)26-22(30)21-13-19(29)16-28(21)24(27)33/h5,7-11,18-19,21,29H,2-4,6,12-16H2,1H3,(H,26,30)(H,31,32)/b7-5+. The fourth-order valence-corrected chi connectivity index (χ4v) is 4.92. The molecule has 9 nitrogen and oxygen atoms in total. The fourth-order valence-electron chi connectivity index (χ4n) is 4.92. The molecule has 1 saturated heterocycles. The summed E-state index contributed by atoms with van der Waals surface area (Å²) in [4.78, 5) is 41.9. The lowest BCUT2D eigenvalue weighted by Crippen LogP contribution is -2.55. The van der Waals surface area contributed by atoms with Gasteiger partial charge >= 0.3 is 12.0 Å². The summed E-state index contributed by atoms with van der Waals surface area (Å²) in [6.45, 7) is 0.932. The molecule has 0 bridgehead atoms. The lowest BCUT2D eigenvalue weighted by atomic mass is 10.1. The number of carbonyl (C=O) groups is 3. The highest BCUT2D eigenvalue weighted by molar-refractivity contribution is 5.94. The number of fused-ring (bicyclic) bond motifs is 2. The minimum atomic E-state index is -1.33. The highest BCUT2D eigenvalue weighted by atomic mass is 16.5. The second kappa shape index (κ2) is 10.0. The van der Waals surface area contributed by atoms with Crippen molar-refractivity contribution in [3.05, 3.63) is 42.0 Å². The van der Waals surface area contributed by atoms with E-state index in [9.17, 15) is 24.6 Å². The number of hydrogen-bond acceptors (Lipinski definition) is 5. The van der Waals surface area contributed by atoms with E-state index in [1.54, 1.807) is 12.0 Å². The van der Waals surface area contributed by atoms with Crippen molar-refractivity contribution in [2.75, 3.05) is 20.2 Å². The third kappa shape index (κ3) is 5.04.